The lowest BCUT2D eigenvalue weighted by atomic mass is 10.1. The van der Waals surface area contributed by atoms with E-state index in [0.717, 1.165) is 5.56 Å². The number of halogens is 1. The number of aromatic hydroxyl groups is 1. The third-order valence-electron chi connectivity index (χ3n) is 2.90. The van der Waals surface area contributed by atoms with E-state index in [0.29, 0.717) is 10.0 Å². The highest BCUT2D eigenvalue weighted by atomic mass is 79.9. The summed E-state index contributed by atoms with van der Waals surface area (Å²) in [6, 6.07) is 11.3. The maximum atomic E-state index is 12.0. The van der Waals surface area contributed by atoms with Gasteiger partial charge in [0.05, 0.1) is 5.56 Å². The Bertz CT molecular complexity index is 684. The molecule has 5 nitrogen and oxygen atoms in total. The van der Waals surface area contributed by atoms with E-state index in [1.165, 1.54) is 12.1 Å². The number of nitrogens with one attached hydrogen (secondary N) is 1. The zero-order chi connectivity index (χ0) is 15.4. The third kappa shape index (κ3) is 3.82. The largest absolute Gasteiger partial charge is 0.507 e. The van der Waals surface area contributed by atoms with Gasteiger partial charge < -0.3 is 16.2 Å². The summed E-state index contributed by atoms with van der Waals surface area (Å²) in [5.41, 5.74) is 6.59. The van der Waals surface area contributed by atoms with E-state index >= 15 is 0 Å². The van der Waals surface area contributed by atoms with Crippen molar-refractivity contribution in [3.8, 4) is 5.75 Å². The Morgan fingerprint density at radius 2 is 1.81 bits per heavy atom. The molecule has 2 aromatic rings. The fourth-order valence-electron chi connectivity index (χ4n) is 1.76. The predicted octanol–water partition coefficient (Wildman–Crippen LogP) is 2.18. The molecule has 0 saturated carbocycles. The van der Waals surface area contributed by atoms with Crippen LogP contribution in [-0.4, -0.2) is 16.9 Å². The Morgan fingerprint density at radius 3 is 2.38 bits per heavy atom. The van der Waals surface area contributed by atoms with Crippen LogP contribution in [0.3, 0.4) is 0 Å². The summed E-state index contributed by atoms with van der Waals surface area (Å²) in [4.78, 5) is 22.9. The summed E-state index contributed by atoms with van der Waals surface area (Å²) in [5, 5.41) is 12.4. The number of carbonyl (C=O) groups is 2. The fourth-order valence-corrected chi connectivity index (χ4v) is 2.11. The molecule has 0 fully saturated rings. The first-order valence-electron chi connectivity index (χ1n) is 6.13. The highest BCUT2D eigenvalue weighted by molar-refractivity contribution is 9.10. The molecule has 108 valence electrons. The first-order chi connectivity index (χ1) is 9.97. The van der Waals surface area contributed by atoms with Crippen molar-refractivity contribution < 1.29 is 14.7 Å². The number of hydrogen-bond acceptors (Lipinski definition) is 3. The van der Waals surface area contributed by atoms with E-state index in [1.807, 2.05) is 0 Å². The lowest BCUT2D eigenvalue weighted by Gasteiger charge is -2.07. The third-order valence-corrected chi connectivity index (χ3v) is 3.39. The molecule has 0 bridgehead atoms. The molecule has 0 saturated heterocycles. The second kappa shape index (κ2) is 6.41. The molecule has 0 atom stereocenters. The highest BCUT2D eigenvalue weighted by Crippen LogP contribution is 2.22. The van der Waals surface area contributed by atoms with Crippen molar-refractivity contribution in [3.63, 3.8) is 0 Å². The first-order valence-corrected chi connectivity index (χ1v) is 6.92. The van der Waals surface area contributed by atoms with Crippen molar-refractivity contribution in [2.75, 3.05) is 0 Å². The Morgan fingerprint density at radius 1 is 1.14 bits per heavy atom. The van der Waals surface area contributed by atoms with Gasteiger partial charge >= 0.3 is 0 Å². The molecule has 6 heteroatoms. The first kappa shape index (κ1) is 15.1. The summed E-state index contributed by atoms with van der Waals surface area (Å²) in [6.45, 7) is 0.285. The predicted molar refractivity (Wildman–Crippen MR) is 81.9 cm³/mol. The summed E-state index contributed by atoms with van der Waals surface area (Å²) in [7, 11) is 0. The number of carbonyl (C=O) groups excluding carboxylic acids is 2. The minimum atomic E-state index is -0.495. The molecule has 2 amide bonds. The van der Waals surface area contributed by atoms with Gasteiger partial charge in [0, 0.05) is 16.6 Å². The summed E-state index contributed by atoms with van der Waals surface area (Å²) >= 11 is 3.21. The molecular formula is C15H13BrN2O3. The van der Waals surface area contributed by atoms with Crippen LogP contribution in [0.1, 0.15) is 26.3 Å². The van der Waals surface area contributed by atoms with Crippen LogP contribution in [0.2, 0.25) is 0 Å². The van der Waals surface area contributed by atoms with Gasteiger partial charge in [-0.2, -0.15) is 0 Å². The molecule has 4 N–H and O–H groups in total. The van der Waals surface area contributed by atoms with E-state index in [9.17, 15) is 14.7 Å². The molecule has 0 unspecified atom stereocenters. The molecule has 0 spiro atoms. The number of nitrogens with two attached hydrogens (primary N) is 1. The van der Waals surface area contributed by atoms with E-state index < -0.39 is 5.91 Å². The van der Waals surface area contributed by atoms with Crippen molar-refractivity contribution in [1.82, 2.24) is 5.32 Å². The molecular weight excluding hydrogens is 336 g/mol. The molecule has 2 aromatic carbocycles. The van der Waals surface area contributed by atoms with Gasteiger partial charge in [0.25, 0.3) is 5.91 Å². The van der Waals surface area contributed by atoms with E-state index in [4.69, 9.17) is 5.73 Å². The van der Waals surface area contributed by atoms with E-state index in [2.05, 4.69) is 21.2 Å². The molecule has 0 aliphatic carbocycles. The van der Waals surface area contributed by atoms with Crippen LogP contribution in [0, 0.1) is 0 Å². The Balaban J connectivity index is 2.02. The average molecular weight is 349 g/mol. The van der Waals surface area contributed by atoms with Crippen LogP contribution in [0.25, 0.3) is 0 Å². The van der Waals surface area contributed by atoms with Gasteiger partial charge in [-0.3, -0.25) is 9.59 Å². The quantitative estimate of drug-likeness (QED) is 0.790. The van der Waals surface area contributed by atoms with Crippen LogP contribution < -0.4 is 11.1 Å². The van der Waals surface area contributed by atoms with Crippen LogP contribution >= 0.6 is 15.9 Å². The number of hydrogen-bond donors (Lipinski definition) is 3. The Labute approximate surface area is 129 Å². The maximum absolute atomic E-state index is 12.0. The van der Waals surface area contributed by atoms with Crippen molar-refractivity contribution in [3.05, 3.63) is 63.6 Å². The molecule has 0 radical (unpaired) electrons. The number of benzene rings is 2. The molecule has 0 heterocycles. The average Bonchev–Trinajstić information content (AvgIpc) is 2.45. The van der Waals surface area contributed by atoms with E-state index in [-0.39, 0.29) is 23.8 Å². The zero-order valence-electron chi connectivity index (χ0n) is 11.0. The maximum Gasteiger partial charge on any atom is 0.255 e. The molecule has 0 aliphatic rings. The number of phenols is 1. The van der Waals surface area contributed by atoms with Gasteiger partial charge in [-0.15, -0.1) is 0 Å². The number of rotatable bonds is 4. The minimum absolute atomic E-state index is 0.0917. The van der Waals surface area contributed by atoms with Crippen LogP contribution in [0.5, 0.6) is 5.75 Å². The van der Waals surface area contributed by atoms with Crippen molar-refractivity contribution >= 4 is 27.7 Å². The number of phenolic OH excluding ortho intramolecular Hbond substituents is 1. The van der Waals surface area contributed by atoms with Crippen molar-refractivity contribution in [2.45, 2.75) is 6.54 Å². The van der Waals surface area contributed by atoms with Crippen molar-refractivity contribution in [2.24, 2.45) is 5.73 Å². The lowest BCUT2D eigenvalue weighted by Crippen LogP contribution is -2.23. The Hall–Kier alpha value is -2.34. The topological polar surface area (TPSA) is 92.4 Å². The van der Waals surface area contributed by atoms with Gasteiger partial charge in [-0.05, 0) is 35.9 Å². The molecule has 21 heavy (non-hydrogen) atoms. The smallest absolute Gasteiger partial charge is 0.255 e. The van der Waals surface area contributed by atoms with Gasteiger partial charge in [-0.25, -0.2) is 0 Å². The van der Waals surface area contributed by atoms with Crippen LogP contribution in [-0.2, 0) is 6.54 Å². The minimum Gasteiger partial charge on any atom is -0.507 e. The fraction of sp³-hybridized carbons (Fsp3) is 0.0667. The summed E-state index contributed by atoms with van der Waals surface area (Å²) in [6.07, 6.45) is 0. The van der Waals surface area contributed by atoms with Gasteiger partial charge in [0.1, 0.15) is 5.75 Å². The van der Waals surface area contributed by atoms with Crippen LogP contribution in [0.4, 0.5) is 0 Å². The standard InChI is InChI=1S/C15H13BrN2O3/c16-11-5-6-12(13(19)7-11)15(21)18-8-9-1-3-10(4-2-9)14(17)20/h1-7,19H,8H2,(H2,17,20)(H,18,21). The normalized spacial score (nSPS) is 10.1. The van der Waals surface area contributed by atoms with Gasteiger partial charge in [0.15, 0.2) is 0 Å². The molecule has 0 aliphatic heterocycles. The second-order valence-electron chi connectivity index (χ2n) is 4.41. The van der Waals surface area contributed by atoms with Crippen LogP contribution in [0.15, 0.2) is 46.9 Å². The summed E-state index contributed by atoms with van der Waals surface area (Å²) in [5.74, 6) is -0.963. The monoisotopic (exact) mass is 348 g/mol. The highest BCUT2D eigenvalue weighted by Gasteiger charge is 2.11. The summed E-state index contributed by atoms with van der Waals surface area (Å²) < 4.78 is 0.693. The Kier molecular flexibility index (Phi) is 4.59. The zero-order valence-corrected chi connectivity index (χ0v) is 12.6. The molecule has 0 aromatic heterocycles. The van der Waals surface area contributed by atoms with Gasteiger partial charge in [-0.1, -0.05) is 28.1 Å². The number of primary amides is 1. The lowest BCUT2D eigenvalue weighted by molar-refractivity contribution is 0.0946. The SMILES string of the molecule is NC(=O)c1ccc(CNC(=O)c2ccc(Br)cc2O)cc1. The second-order valence-corrected chi connectivity index (χ2v) is 5.32. The molecule has 2 rings (SSSR count). The van der Waals surface area contributed by atoms with Crippen molar-refractivity contribution in [1.29, 1.82) is 0 Å². The van der Waals surface area contributed by atoms with Gasteiger partial charge in [0.2, 0.25) is 5.91 Å². The number of amides is 2. The van der Waals surface area contributed by atoms with E-state index in [1.54, 1.807) is 30.3 Å².